The van der Waals surface area contributed by atoms with E-state index in [1.807, 2.05) is 16.7 Å². The van der Waals surface area contributed by atoms with E-state index >= 15 is 0 Å². The standard InChI is InChI=1S/C20H27N5O2/c1-14(2)6-11-22-19(26)17-16-5-3-4-12-25(16)18(24-17)20(27)23-13-15-7-9-21-10-8-15/h7-10,14H,3-6,11-13H2,1-2H3,(H,22,26)(H,23,27). The number of nitrogens with one attached hydrogen (secondary N) is 2. The molecule has 27 heavy (non-hydrogen) atoms. The van der Waals surface area contributed by atoms with Crippen molar-refractivity contribution in [1.82, 2.24) is 25.2 Å². The molecule has 0 radical (unpaired) electrons. The third-order valence-electron chi connectivity index (χ3n) is 4.75. The van der Waals surface area contributed by atoms with Gasteiger partial charge in [0.05, 0.1) is 5.69 Å². The molecule has 2 aromatic rings. The van der Waals surface area contributed by atoms with Crippen LogP contribution < -0.4 is 10.6 Å². The Kier molecular flexibility index (Phi) is 6.21. The van der Waals surface area contributed by atoms with Gasteiger partial charge in [0.2, 0.25) is 0 Å². The number of carbonyl (C=O) groups is 2. The summed E-state index contributed by atoms with van der Waals surface area (Å²) in [4.78, 5) is 33.7. The van der Waals surface area contributed by atoms with Crippen LogP contribution in [0.15, 0.2) is 24.5 Å². The van der Waals surface area contributed by atoms with E-state index in [0.29, 0.717) is 30.5 Å². The van der Waals surface area contributed by atoms with Crippen LogP contribution in [-0.2, 0) is 19.5 Å². The molecule has 2 N–H and O–H groups in total. The Morgan fingerprint density at radius 1 is 1.15 bits per heavy atom. The number of amides is 2. The molecule has 3 rings (SSSR count). The van der Waals surface area contributed by atoms with Gasteiger partial charge in [0.1, 0.15) is 5.69 Å². The minimum absolute atomic E-state index is 0.186. The maximum Gasteiger partial charge on any atom is 0.287 e. The van der Waals surface area contributed by atoms with Crippen LogP contribution in [0.1, 0.15) is 65.5 Å². The van der Waals surface area contributed by atoms with Crippen LogP contribution in [-0.4, -0.2) is 32.9 Å². The normalized spacial score (nSPS) is 13.3. The second kappa shape index (κ2) is 8.79. The molecule has 0 aliphatic carbocycles. The molecule has 1 aliphatic heterocycles. The van der Waals surface area contributed by atoms with Gasteiger partial charge < -0.3 is 15.2 Å². The van der Waals surface area contributed by atoms with Gasteiger partial charge in [0.25, 0.3) is 11.8 Å². The molecule has 2 aromatic heterocycles. The Bertz CT molecular complexity index is 798. The van der Waals surface area contributed by atoms with Crippen LogP contribution in [0.25, 0.3) is 0 Å². The lowest BCUT2D eigenvalue weighted by molar-refractivity contribution is 0.0935. The van der Waals surface area contributed by atoms with E-state index in [9.17, 15) is 9.59 Å². The van der Waals surface area contributed by atoms with Crippen molar-refractivity contribution in [1.29, 1.82) is 0 Å². The summed E-state index contributed by atoms with van der Waals surface area (Å²) < 4.78 is 1.91. The molecular formula is C20H27N5O2. The molecule has 0 saturated carbocycles. The first kappa shape index (κ1) is 19.1. The largest absolute Gasteiger partial charge is 0.351 e. The number of pyridine rings is 1. The van der Waals surface area contributed by atoms with E-state index in [0.717, 1.165) is 43.5 Å². The van der Waals surface area contributed by atoms with Crippen LogP contribution >= 0.6 is 0 Å². The molecule has 0 saturated heterocycles. The minimum Gasteiger partial charge on any atom is -0.351 e. The molecule has 0 unspecified atom stereocenters. The van der Waals surface area contributed by atoms with Crippen molar-refractivity contribution in [2.75, 3.05) is 6.54 Å². The van der Waals surface area contributed by atoms with Gasteiger partial charge in [-0.2, -0.15) is 0 Å². The Labute approximate surface area is 159 Å². The summed E-state index contributed by atoms with van der Waals surface area (Å²) in [7, 11) is 0. The first-order valence-electron chi connectivity index (χ1n) is 9.61. The van der Waals surface area contributed by atoms with Gasteiger partial charge in [-0.25, -0.2) is 4.98 Å². The third-order valence-corrected chi connectivity index (χ3v) is 4.75. The van der Waals surface area contributed by atoms with Crippen LogP contribution in [0.3, 0.4) is 0 Å². The van der Waals surface area contributed by atoms with Crippen LogP contribution in [0.5, 0.6) is 0 Å². The molecule has 7 heteroatoms. The Morgan fingerprint density at radius 2 is 1.93 bits per heavy atom. The van der Waals surface area contributed by atoms with Gasteiger partial charge in [-0.3, -0.25) is 14.6 Å². The summed E-state index contributed by atoms with van der Waals surface area (Å²) in [5.41, 5.74) is 2.24. The molecule has 0 spiro atoms. The molecule has 144 valence electrons. The quantitative estimate of drug-likeness (QED) is 0.784. The molecule has 7 nitrogen and oxygen atoms in total. The van der Waals surface area contributed by atoms with Gasteiger partial charge in [-0.1, -0.05) is 13.8 Å². The summed E-state index contributed by atoms with van der Waals surface area (Å²) in [6.45, 7) is 5.98. The Balaban J connectivity index is 1.74. The van der Waals surface area contributed by atoms with E-state index in [1.165, 1.54) is 0 Å². The fraction of sp³-hybridized carbons (Fsp3) is 0.500. The summed E-state index contributed by atoms with van der Waals surface area (Å²) in [6, 6.07) is 3.71. The number of aromatic nitrogens is 3. The number of imidazole rings is 1. The number of hydrogen-bond donors (Lipinski definition) is 2. The smallest absolute Gasteiger partial charge is 0.287 e. The highest BCUT2D eigenvalue weighted by molar-refractivity contribution is 5.97. The van der Waals surface area contributed by atoms with Crippen LogP contribution in [0, 0.1) is 5.92 Å². The molecule has 1 aliphatic rings. The van der Waals surface area contributed by atoms with E-state index in [2.05, 4.69) is 34.4 Å². The lowest BCUT2D eigenvalue weighted by Gasteiger charge is -2.17. The van der Waals surface area contributed by atoms with Crippen LogP contribution in [0.4, 0.5) is 0 Å². The van der Waals surface area contributed by atoms with Crippen LogP contribution in [0.2, 0.25) is 0 Å². The van der Waals surface area contributed by atoms with Crippen molar-refractivity contribution < 1.29 is 9.59 Å². The van der Waals surface area contributed by atoms with Gasteiger partial charge in [0.15, 0.2) is 5.82 Å². The SMILES string of the molecule is CC(C)CCNC(=O)c1nc(C(=O)NCc2ccncc2)n2c1CCCC2. The monoisotopic (exact) mass is 369 g/mol. The Morgan fingerprint density at radius 3 is 2.67 bits per heavy atom. The topological polar surface area (TPSA) is 88.9 Å². The van der Waals surface area contributed by atoms with Crippen molar-refractivity contribution in [3.05, 3.63) is 47.3 Å². The lowest BCUT2D eigenvalue weighted by atomic mass is 10.1. The fourth-order valence-corrected chi connectivity index (χ4v) is 3.22. The summed E-state index contributed by atoms with van der Waals surface area (Å²) in [5.74, 6) is 0.411. The average Bonchev–Trinajstić information content (AvgIpc) is 3.06. The zero-order valence-electron chi connectivity index (χ0n) is 16.0. The summed E-state index contributed by atoms with van der Waals surface area (Å²) >= 11 is 0. The second-order valence-corrected chi connectivity index (χ2v) is 7.32. The zero-order chi connectivity index (χ0) is 19.2. The number of hydrogen-bond acceptors (Lipinski definition) is 4. The highest BCUT2D eigenvalue weighted by Gasteiger charge is 2.27. The van der Waals surface area contributed by atoms with E-state index in [4.69, 9.17) is 0 Å². The Hall–Kier alpha value is -2.70. The molecule has 0 bridgehead atoms. The van der Waals surface area contributed by atoms with Gasteiger partial charge in [0, 0.05) is 32.0 Å². The second-order valence-electron chi connectivity index (χ2n) is 7.32. The molecular weight excluding hydrogens is 342 g/mol. The molecule has 2 amide bonds. The third kappa shape index (κ3) is 4.72. The summed E-state index contributed by atoms with van der Waals surface area (Å²) in [6.07, 6.45) is 7.08. The molecule has 0 fully saturated rings. The number of fused-ring (bicyclic) bond motifs is 1. The molecule has 0 aromatic carbocycles. The fourth-order valence-electron chi connectivity index (χ4n) is 3.22. The van der Waals surface area contributed by atoms with Crippen molar-refractivity contribution in [3.8, 4) is 0 Å². The highest BCUT2D eigenvalue weighted by Crippen LogP contribution is 2.21. The maximum atomic E-state index is 12.7. The van der Waals surface area contributed by atoms with E-state index < -0.39 is 0 Å². The van der Waals surface area contributed by atoms with E-state index in [-0.39, 0.29) is 11.8 Å². The lowest BCUT2D eigenvalue weighted by Crippen LogP contribution is -2.27. The first-order chi connectivity index (χ1) is 13.1. The average molecular weight is 369 g/mol. The van der Waals surface area contributed by atoms with Crippen molar-refractivity contribution in [2.45, 2.75) is 52.6 Å². The number of carbonyl (C=O) groups excluding carboxylic acids is 2. The van der Waals surface area contributed by atoms with Crippen molar-refractivity contribution in [2.24, 2.45) is 5.92 Å². The number of nitrogens with zero attached hydrogens (tertiary/aromatic N) is 3. The van der Waals surface area contributed by atoms with E-state index in [1.54, 1.807) is 12.4 Å². The van der Waals surface area contributed by atoms with Gasteiger partial charge >= 0.3 is 0 Å². The maximum absolute atomic E-state index is 12.7. The minimum atomic E-state index is -0.254. The molecule has 0 atom stereocenters. The number of rotatable bonds is 7. The van der Waals surface area contributed by atoms with Crippen molar-refractivity contribution in [3.63, 3.8) is 0 Å². The summed E-state index contributed by atoms with van der Waals surface area (Å²) in [5, 5.41) is 5.83. The molecule has 3 heterocycles. The predicted octanol–water partition coefficient (Wildman–Crippen LogP) is 2.32. The van der Waals surface area contributed by atoms with Gasteiger partial charge in [-0.15, -0.1) is 0 Å². The zero-order valence-corrected chi connectivity index (χ0v) is 16.0. The van der Waals surface area contributed by atoms with Gasteiger partial charge in [-0.05, 0) is 49.3 Å². The first-order valence-corrected chi connectivity index (χ1v) is 9.61. The predicted molar refractivity (Wildman–Crippen MR) is 102 cm³/mol. The van der Waals surface area contributed by atoms with Crippen molar-refractivity contribution >= 4 is 11.8 Å². The highest BCUT2D eigenvalue weighted by atomic mass is 16.2.